The number of alkyl halides is 1. The zero-order valence-corrected chi connectivity index (χ0v) is 22.1. The number of esters is 1. The van der Waals surface area contributed by atoms with Gasteiger partial charge in [0, 0.05) is 6.20 Å². The fourth-order valence-corrected chi connectivity index (χ4v) is 6.51. The van der Waals surface area contributed by atoms with E-state index in [0.29, 0.717) is 11.2 Å². The fourth-order valence-electron chi connectivity index (χ4n) is 4.76. The van der Waals surface area contributed by atoms with Crippen LogP contribution in [-0.2, 0) is 33.5 Å². The molecule has 0 bridgehead atoms. The summed E-state index contributed by atoms with van der Waals surface area (Å²) in [6, 6.07) is 5.62. The molecule has 0 saturated carbocycles. The standard InChI is InChI=1S/C24H33FN5O6P/c1-4-5-6-7-8-13-33-22(31)16(2)29-37(32)34-14-19-21(36-37)23(3,25)24(15-26,35-19)20-10-9-18-17(27)11-12-28-30(18)20/h9-12,16,19,21H,4-8,13-14,27H2,1-3H3,(H,29,32)/t16?,19-,21-,23-,24+,37?/m1/s1. The van der Waals surface area contributed by atoms with E-state index in [9.17, 15) is 14.6 Å². The molecule has 2 aromatic heterocycles. The zero-order chi connectivity index (χ0) is 26.8. The Balaban J connectivity index is 1.47. The normalized spacial score (nSPS) is 32.1. The van der Waals surface area contributed by atoms with Gasteiger partial charge in [-0.3, -0.25) is 13.8 Å². The van der Waals surface area contributed by atoms with Crippen LogP contribution in [0.4, 0.5) is 10.1 Å². The number of rotatable bonds is 10. The van der Waals surface area contributed by atoms with Crippen molar-refractivity contribution in [1.29, 1.82) is 5.26 Å². The van der Waals surface area contributed by atoms with E-state index in [2.05, 4.69) is 17.1 Å². The summed E-state index contributed by atoms with van der Waals surface area (Å²) in [5.41, 5.74) is 2.34. The Hall–Kier alpha value is -2.55. The molecule has 3 N–H and O–H groups in total. The van der Waals surface area contributed by atoms with Gasteiger partial charge in [0.25, 0.3) is 0 Å². The second kappa shape index (κ2) is 10.7. The highest BCUT2D eigenvalue weighted by molar-refractivity contribution is 7.51. The van der Waals surface area contributed by atoms with Gasteiger partial charge in [-0.15, -0.1) is 0 Å². The number of fused-ring (bicyclic) bond motifs is 2. The number of nitrogens with zero attached hydrogens (tertiary/aromatic N) is 3. The zero-order valence-electron chi connectivity index (χ0n) is 21.2. The lowest BCUT2D eigenvalue weighted by Gasteiger charge is -2.36. The molecule has 13 heteroatoms. The number of hydrogen-bond acceptors (Lipinski definition) is 9. The van der Waals surface area contributed by atoms with Crippen molar-refractivity contribution >= 4 is 24.9 Å². The van der Waals surface area contributed by atoms with Gasteiger partial charge < -0.3 is 15.2 Å². The van der Waals surface area contributed by atoms with E-state index >= 15 is 4.39 Å². The predicted octanol–water partition coefficient (Wildman–Crippen LogP) is 3.78. The molecule has 0 aliphatic carbocycles. The van der Waals surface area contributed by atoms with Crippen LogP contribution in [0.25, 0.3) is 5.52 Å². The summed E-state index contributed by atoms with van der Waals surface area (Å²) in [7, 11) is -4.15. The Morgan fingerprint density at radius 3 is 2.89 bits per heavy atom. The van der Waals surface area contributed by atoms with Crippen LogP contribution in [0.2, 0.25) is 0 Å². The number of anilines is 1. The van der Waals surface area contributed by atoms with Gasteiger partial charge in [-0.2, -0.15) is 10.4 Å². The number of aromatic nitrogens is 2. The maximum atomic E-state index is 16.6. The molecule has 11 nitrogen and oxygen atoms in total. The molecule has 2 aromatic rings. The van der Waals surface area contributed by atoms with E-state index < -0.39 is 43.2 Å². The van der Waals surface area contributed by atoms with Crippen molar-refractivity contribution in [3.63, 3.8) is 0 Å². The summed E-state index contributed by atoms with van der Waals surface area (Å²) in [5.74, 6) is -0.625. The second-order valence-corrected chi connectivity index (χ2v) is 11.3. The Labute approximate surface area is 215 Å². The Kier molecular flexibility index (Phi) is 7.93. The topological polar surface area (TPSA) is 150 Å². The quantitative estimate of drug-likeness (QED) is 0.260. The molecule has 37 heavy (non-hydrogen) atoms. The lowest BCUT2D eigenvalue weighted by atomic mass is 9.82. The number of nitrogens with one attached hydrogen (secondary N) is 1. The predicted molar refractivity (Wildman–Crippen MR) is 132 cm³/mol. The molecule has 2 unspecified atom stereocenters. The van der Waals surface area contributed by atoms with Crippen LogP contribution >= 0.6 is 7.75 Å². The maximum Gasteiger partial charge on any atom is 0.406 e. The third kappa shape index (κ3) is 4.99. The summed E-state index contributed by atoms with van der Waals surface area (Å²) in [4.78, 5) is 12.4. The first-order valence-electron chi connectivity index (χ1n) is 12.5. The average Bonchev–Trinajstić information content (AvgIpc) is 3.39. The van der Waals surface area contributed by atoms with Gasteiger partial charge >= 0.3 is 13.7 Å². The number of nitrogens with two attached hydrogens (primary N) is 1. The van der Waals surface area contributed by atoms with E-state index in [1.807, 2.05) is 6.07 Å². The van der Waals surface area contributed by atoms with Crippen LogP contribution in [0.5, 0.6) is 0 Å². The minimum absolute atomic E-state index is 0.110. The van der Waals surface area contributed by atoms with Crippen LogP contribution in [0, 0.1) is 11.3 Å². The van der Waals surface area contributed by atoms with Crippen LogP contribution in [0.1, 0.15) is 58.6 Å². The van der Waals surface area contributed by atoms with Crippen LogP contribution < -0.4 is 10.8 Å². The number of carbonyl (C=O) groups excluding carboxylic acids is 1. The van der Waals surface area contributed by atoms with Crippen molar-refractivity contribution in [2.45, 2.75) is 82.4 Å². The molecule has 0 amide bonds. The molecule has 0 aromatic carbocycles. The number of ether oxygens (including phenoxy) is 2. The smallest absolute Gasteiger partial charge is 0.406 e. The van der Waals surface area contributed by atoms with Crippen molar-refractivity contribution in [3.8, 4) is 6.07 Å². The number of halogens is 1. The van der Waals surface area contributed by atoms with E-state index in [1.54, 1.807) is 12.1 Å². The van der Waals surface area contributed by atoms with Gasteiger partial charge in [0.2, 0.25) is 5.60 Å². The second-order valence-electron chi connectivity index (χ2n) is 9.58. The monoisotopic (exact) mass is 537 g/mol. The van der Waals surface area contributed by atoms with Crippen LogP contribution in [0.3, 0.4) is 0 Å². The lowest BCUT2D eigenvalue weighted by Crippen LogP contribution is -2.51. The molecule has 0 spiro atoms. The third-order valence-electron chi connectivity index (χ3n) is 6.85. The van der Waals surface area contributed by atoms with Gasteiger partial charge in [0.15, 0.2) is 5.67 Å². The number of nitrogen functional groups attached to an aromatic ring is 1. The summed E-state index contributed by atoms with van der Waals surface area (Å²) >= 11 is 0. The van der Waals surface area contributed by atoms with Crippen molar-refractivity contribution in [2.24, 2.45) is 0 Å². The highest BCUT2D eigenvalue weighted by Gasteiger charge is 2.70. The lowest BCUT2D eigenvalue weighted by molar-refractivity contribution is -0.145. The van der Waals surface area contributed by atoms with E-state index in [-0.39, 0.29) is 18.9 Å². The van der Waals surface area contributed by atoms with Crippen LogP contribution in [0.15, 0.2) is 24.4 Å². The molecule has 2 aliphatic rings. The molecule has 2 saturated heterocycles. The Morgan fingerprint density at radius 2 is 2.16 bits per heavy atom. The Bertz CT molecular complexity index is 1230. The van der Waals surface area contributed by atoms with E-state index in [0.717, 1.165) is 39.0 Å². The molecule has 4 heterocycles. The summed E-state index contributed by atoms with van der Waals surface area (Å²) in [6.45, 7) is 4.65. The molecule has 2 fully saturated rings. The van der Waals surface area contributed by atoms with Crippen molar-refractivity contribution in [1.82, 2.24) is 14.7 Å². The van der Waals surface area contributed by atoms with Crippen molar-refractivity contribution in [3.05, 3.63) is 30.1 Å². The third-order valence-corrected chi connectivity index (χ3v) is 8.55. The SMILES string of the molecule is CCCCCCCOC(=O)C(C)NP1(=O)OC[C@H]2O[C@@](C#N)(c3ccc4c(N)ccnn34)[C@](C)(F)[C@@H]2O1. The minimum atomic E-state index is -4.15. The first kappa shape index (κ1) is 27.5. The first-order chi connectivity index (χ1) is 17.6. The molecule has 6 atom stereocenters. The van der Waals surface area contributed by atoms with Gasteiger partial charge in [0.05, 0.1) is 30.1 Å². The van der Waals surface area contributed by atoms with E-state index in [1.165, 1.54) is 23.7 Å². The number of nitriles is 1. The first-order valence-corrected chi connectivity index (χ1v) is 14.0. The minimum Gasteiger partial charge on any atom is -0.465 e. The number of carbonyl (C=O) groups is 1. The highest BCUT2D eigenvalue weighted by atomic mass is 31.2. The average molecular weight is 538 g/mol. The van der Waals surface area contributed by atoms with Crippen LogP contribution in [-0.4, -0.2) is 52.7 Å². The molecule has 2 aliphatic heterocycles. The molecule has 202 valence electrons. The van der Waals surface area contributed by atoms with E-state index in [4.69, 9.17) is 24.3 Å². The molecular weight excluding hydrogens is 504 g/mol. The largest absolute Gasteiger partial charge is 0.465 e. The molecule has 4 rings (SSSR count). The van der Waals surface area contributed by atoms with Gasteiger partial charge in [0.1, 0.15) is 24.3 Å². The maximum absolute atomic E-state index is 16.6. The summed E-state index contributed by atoms with van der Waals surface area (Å²) in [5, 5.41) is 16.9. The van der Waals surface area contributed by atoms with Gasteiger partial charge in [-0.25, -0.2) is 18.6 Å². The van der Waals surface area contributed by atoms with Crippen molar-refractivity contribution < 1.29 is 32.3 Å². The van der Waals surface area contributed by atoms with Crippen molar-refractivity contribution in [2.75, 3.05) is 18.9 Å². The summed E-state index contributed by atoms with van der Waals surface area (Å²) in [6.07, 6.45) is 3.94. The van der Waals surface area contributed by atoms with Gasteiger partial charge in [-0.05, 0) is 38.5 Å². The number of unbranched alkanes of at least 4 members (excludes halogenated alkanes) is 4. The summed E-state index contributed by atoms with van der Waals surface area (Å²) < 4.78 is 53.4. The fraction of sp³-hybridized carbons (Fsp3) is 0.625. The molecular formula is C24H33FN5O6P. The molecule has 0 radical (unpaired) electrons. The van der Waals surface area contributed by atoms with Gasteiger partial charge in [-0.1, -0.05) is 32.6 Å². The Morgan fingerprint density at radius 1 is 1.41 bits per heavy atom. The number of hydrogen-bond donors (Lipinski definition) is 2. The highest BCUT2D eigenvalue weighted by Crippen LogP contribution is 2.59.